The summed E-state index contributed by atoms with van der Waals surface area (Å²) in [5.74, 6) is 0.436. The summed E-state index contributed by atoms with van der Waals surface area (Å²) in [5.41, 5.74) is 4.04. The van der Waals surface area contributed by atoms with E-state index in [4.69, 9.17) is 14.8 Å². The highest BCUT2D eigenvalue weighted by molar-refractivity contribution is 5.94. The van der Waals surface area contributed by atoms with Crippen LogP contribution < -0.4 is 5.32 Å². The maximum atomic E-state index is 14.6. The molecular weight excluding hydrogens is 535 g/mol. The number of aryl methyl sites for hydroxylation is 1. The van der Waals surface area contributed by atoms with Gasteiger partial charge in [0.05, 0.1) is 18.7 Å². The van der Waals surface area contributed by atoms with Crippen LogP contribution in [0.3, 0.4) is 0 Å². The predicted octanol–water partition coefficient (Wildman–Crippen LogP) is 5.78. The van der Waals surface area contributed by atoms with Crippen LogP contribution in [-0.2, 0) is 9.53 Å². The fourth-order valence-electron chi connectivity index (χ4n) is 7.00. The maximum Gasteiger partial charge on any atom is 0.311 e. The van der Waals surface area contributed by atoms with Gasteiger partial charge in [0.15, 0.2) is 17.9 Å². The second-order valence-corrected chi connectivity index (χ2v) is 11.3. The fraction of sp³-hybridized carbons (Fsp3) is 0.344. The average molecular weight is 567 g/mol. The summed E-state index contributed by atoms with van der Waals surface area (Å²) in [4.78, 5) is 34.5. The Kier molecular flexibility index (Phi) is 6.48. The summed E-state index contributed by atoms with van der Waals surface area (Å²) in [5, 5.41) is 8.91. The first-order valence-corrected chi connectivity index (χ1v) is 14.5. The second kappa shape index (κ2) is 10.3. The monoisotopic (exact) mass is 566 g/mol. The zero-order valence-corrected chi connectivity index (χ0v) is 23.5. The van der Waals surface area contributed by atoms with Crippen LogP contribution in [0, 0.1) is 30.5 Å². The van der Waals surface area contributed by atoms with Crippen molar-refractivity contribution in [2.75, 3.05) is 11.9 Å². The van der Waals surface area contributed by atoms with E-state index in [2.05, 4.69) is 10.3 Å². The van der Waals surface area contributed by atoms with Gasteiger partial charge >= 0.3 is 5.97 Å². The topological polar surface area (TPSA) is 103 Å². The maximum absolute atomic E-state index is 14.6. The zero-order chi connectivity index (χ0) is 29.0. The molecule has 1 N–H and O–H groups in total. The molecule has 5 aromatic rings. The lowest BCUT2D eigenvalue weighted by atomic mass is 9.61. The van der Waals surface area contributed by atoms with Gasteiger partial charge in [-0.1, -0.05) is 18.2 Å². The van der Waals surface area contributed by atoms with E-state index in [0.29, 0.717) is 52.0 Å². The largest absolute Gasteiger partial charge is 0.466 e. The molecule has 3 aliphatic carbocycles. The Hall–Kier alpha value is -4.60. The lowest BCUT2D eigenvalue weighted by Crippen LogP contribution is -2.52. The number of ether oxygens (including phenoxy) is 1. The first-order valence-electron chi connectivity index (χ1n) is 14.5. The van der Waals surface area contributed by atoms with Gasteiger partial charge in [-0.3, -0.25) is 9.59 Å². The predicted molar refractivity (Wildman–Crippen MR) is 156 cm³/mol. The van der Waals surface area contributed by atoms with Crippen LogP contribution in [0.5, 0.6) is 0 Å². The summed E-state index contributed by atoms with van der Waals surface area (Å²) < 4.78 is 23.6. The highest BCUT2D eigenvalue weighted by Crippen LogP contribution is 2.47. The van der Waals surface area contributed by atoms with Crippen molar-refractivity contribution in [1.82, 2.24) is 24.1 Å². The van der Waals surface area contributed by atoms with E-state index in [-0.39, 0.29) is 23.8 Å². The number of carbonyl (C=O) groups excluding carboxylic acids is 2. The van der Waals surface area contributed by atoms with E-state index >= 15 is 0 Å². The van der Waals surface area contributed by atoms with E-state index in [1.807, 2.05) is 48.9 Å². The molecule has 9 nitrogen and oxygen atoms in total. The van der Waals surface area contributed by atoms with Crippen molar-refractivity contribution >= 4 is 34.6 Å². The Morgan fingerprint density at radius 2 is 1.93 bits per heavy atom. The van der Waals surface area contributed by atoms with Gasteiger partial charge in [0, 0.05) is 28.9 Å². The highest BCUT2D eigenvalue weighted by atomic mass is 19.1. The van der Waals surface area contributed by atoms with E-state index in [1.165, 1.54) is 12.3 Å². The molecule has 2 bridgehead atoms. The summed E-state index contributed by atoms with van der Waals surface area (Å²) in [7, 11) is 0. The number of pyridine rings is 1. The van der Waals surface area contributed by atoms with Gasteiger partial charge in [-0.05, 0) is 81.2 Å². The standard InChI is InChI=1S/C32H31FN6O3/c1-3-42-32(41)27-19-8-10-20(11-9-19)28(27)35-30-26-13-12-22(17-40)39(26)37-29(36-30)24-16-38(25-7-5-4-6-18(25)2)31-23(24)14-21(33)15-34-31/h4-7,12-17,19-20,27-28H,3,8-11H2,1-2H3,(H,35,36,37)/t19?,20?,27-,28-/m1/s1. The van der Waals surface area contributed by atoms with Gasteiger partial charge in [-0.25, -0.2) is 18.9 Å². The van der Waals surface area contributed by atoms with Crippen molar-refractivity contribution < 1.29 is 18.7 Å². The number of halogens is 1. The summed E-state index contributed by atoms with van der Waals surface area (Å²) >= 11 is 0. The van der Waals surface area contributed by atoms with Crippen molar-refractivity contribution in [3.63, 3.8) is 0 Å². The van der Waals surface area contributed by atoms with Crippen molar-refractivity contribution in [1.29, 1.82) is 0 Å². The Morgan fingerprint density at radius 1 is 1.14 bits per heavy atom. The lowest BCUT2D eigenvalue weighted by Gasteiger charge is -2.47. The molecule has 10 heteroatoms. The first kappa shape index (κ1) is 26.3. The zero-order valence-electron chi connectivity index (χ0n) is 23.5. The lowest BCUT2D eigenvalue weighted by molar-refractivity contribution is -0.154. The van der Waals surface area contributed by atoms with Gasteiger partial charge in [0.25, 0.3) is 0 Å². The number of rotatable bonds is 7. The molecule has 0 aliphatic heterocycles. The first-order chi connectivity index (χ1) is 20.5. The van der Waals surface area contributed by atoms with Gasteiger partial charge in [-0.2, -0.15) is 0 Å². The third-order valence-corrected chi connectivity index (χ3v) is 8.97. The molecule has 0 saturated heterocycles. The molecule has 3 aliphatic rings. The molecule has 4 aromatic heterocycles. The molecule has 4 heterocycles. The molecule has 0 amide bonds. The fourth-order valence-corrected chi connectivity index (χ4v) is 7.00. The molecule has 0 spiro atoms. The number of benzene rings is 1. The smallest absolute Gasteiger partial charge is 0.311 e. The molecule has 0 radical (unpaired) electrons. The molecular formula is C32H31FN6O3. The Morgan fingerprint density at radius 3 is 2.69 bits per heavy atom. The Labute approximate surface area is 241 Å². The number of nitrogens with one attached hydrogen (secondary N) is 1. The van der Waals surface area contributed by atoms with Gasteiger partial charge in [0.1, 0.15) is 22.7 Å². The molecule has 3 fully saturated rings. The number of carbonyl (C=O) groups is 2. The number of hydrogen-bond acceptors (Lipinski definition) is 7. The quantitative estimate of drug-likeness (QED) is 0.197. The number of para-hydroxylation sites is 1. The third kappa shape index (κ3) is 4.24. The minimum atomic E-state index is -0.476. The Bertz CT molecular complexity index is 1840. The second-order valence-electron chi connectivity index (χ2n) is 11.3. The van der Waals surface area contributed by atoms with Crippen LogP contribution in [0.2, 0.25) is 0 Å². The van der Waals surface area contributed by atoms with Crippen molar-refractivity contribution in [2.45, 2.75) is 45.6 Å². The molecule has 3 saturated carbocycles. The number of anilines is 1. The van der Waals surface area contributed by atoms with Gasteiger partial charge < -0.3 is 14.6 Å². The molecule has 42 heavy (non-hydrogen) atoms. The van der Waals surface area contributed by atoms with Gasteiger partial charge in [-0.15, -0.1) is 5.10 Å². The number of aldehydes is 1. The van der Waals surface area contributed by atoms with E-state index in [9.17, 15) is 14.0 Å². The van der Waals surface area contributed by atoms with Crippen LogP contribution in [0.4, 0.5) is 10.2 Å². The van der Waals surface area contributed by atoms with Crippen molar-refractivity contribution in [3.05, 3.63) is 71.9 Å². The molecule has 214 valence electrons. The number of fused-ring (bicyclic) bond motifs is 5. The van der Waals surface area contributed by atoms with Crippen LogP contribution in [0.15, 0.2) is 54.9 Å². The minimum Gasteiger partial charge on any atom is -0.466 e. The summed E-state index contributed by atoms with van der Waals surface area (Å²) in [6, 6.07) is 12.6. The minimum absolute atomic E-state index is 0.162. The number of aromatic nitrogens is 5. The van der Waals surface area contributed by atoms with E-state index < -0.39 is 5.82 Å². The van der Waals surface area contributed by atoms with Crippen LogP contribution in [0.25, 0.3) is 33.6 Å². The summed E-state index contributed by atoms with van der Waals surface area (Å²) in [6.45, 7) is 4.16. The normalized spacial score (nSPS) is 21.6. The molecule has 2 atom stereocenters. The molecule has 1 aromatic carbocycles. The number of hydrogen-bond donors (Lipinski definition) is 1. The average Bonchev–Trinajstić information content (AvgIpc) is 3.59. The van der Waals surface area contributed by atoms with Gasteiger partial charge in [0.2, 0.25) is 0 Å². The SMILES string of the molecule is CCOC(=O)[C@@H]1C2CCC(CC2)[C@H]1Nc1nc(-c2cn(-c3ccccc3C)c3ncc(F)cc23)nn2c(C=O)ccc12. The van der Waals surface area contributed by atoms with Crippen LogP contribution >= 0.6 is 0 Å². The van der Waals surface area contributed by atoms with E-state index in [0.717, 1.165) is 43.2 Å². The Balaban J connectivity index is 1.40. The van der Waals surface area contributed by atoms with Crippen molar-refractivity contribution in [3.8, 4) is 17.1 Å². The molecule has 8 rings (SSSR count). The molecule has 0 unspecified atom stereocenters. The third-order valence-electron chi connectivity index (χ3n) is 8.97. The number of nitrogens with zero attached hydrogens (tertiary/aromatic N) is 5. The van der Waals surface area contributed by atoms with Crippen molar-refractivity contribution in [2.24, 2.45) is 17.8 Å². The highest BCUT2D eigenvalue weighted by Gasteiger charge is 2.48. The summed E-state index contributed by atoms with van der Waals surface area (Å²) in [6.07, 6.45) is 7.88. The van der Waals surface area contributed by atoms with Crippen LogP contribution in [-0.4, -0.2) is 49.1 Å². The number of esters is 1. The van der Waals surface area contributed by atoms with E-state index in [1.54, 1.807) is 16.6 Å². The van der Waals surface area contributed by atoms with Crippen LogP contribution in [0.1, 0.15) is 48.7 Å².